The average molecular weight is 302 g/mol. The Balaban J connectivity index is 2.24. The van der Waals surface area contributed by atoms with Gasteiger partial charge in [-0.15, -0.1) is 0 Å². The molecule has 0 atom stereocenters. The van der Waals surface area contributed by atoms with Gasteiger partial charge in [-0.25, -0.2) is 15.0 Å². The monoisotopic (exact) mass is 302 g/mol. The smallest absolute Gasteiger partial charge is 0.353 e. The minimum Gasteiger partial charge on any atom is -0.364 e. The van der Waals surface area contributed by atoms with Gasteiger partial charge < -0.3 is 10.6 Å². The first kappa shape index (κ1) is 15.6. The molecule has 8 nitrogen and oxygen atoms in total. The highest BCUT2D eigenvalue weighted by atomic mass is 16.6. The van der Waals surface area contributed by atoms with Crippen molar-refractivity contribution in [2.24, 2.45) is 5.92 Å². The van der Waals surface area contributed by atoms with Crippen LogP contribution in [0.25, 0.3) is 0 Å². The Morgan fingerprint density at radius 3 is 2.64 bits per heavy atom. The number of anilines is 3. The molecule has 0 unspecified atom stereocenters. The molecule has 22 heavy (non-hydrogen) atoms. The summed E-state index contributed by atoms with van der Waals surface area (Å²) in [5.74, 6) is 1.31. The summed E-state index contributed by atoms with van der Waals surface area (Å²) in [5.41, 5.74) is -0.183. The molecule has 0 bridgehead atoms. The quantitative estimate of drug-likeness (QED) is 0.598. The fraction of sp³-hybridized carbons (Fsp3) is 0.357. The Morgan fingerprint density at radius 1 is 1.23 bits per heavy atom. The van der Waals surface area contributed by atoms with Crippen LogP contribution >= 0.6 is 0 Å². The first-order chi connectivity index (χ1) is 10.6. The molecule has 8 heteroatoms. The maximum Gasteiger partial charge on any atom is 0.353 e. The summed E-state index contributed by atoms with van der Waals surface area (Å²) in [6.45, 7) is 4.78. The maximum atomic E-state index is 11.4. The average Bonchev–Trinajstić information content (AvgIpc) is 2.48. The number of hydrogen-bond donors (Lipinski definition) is 2. The van der Waals surface area contributed by atoms with Crippen molar-refractivity contribution in [3.05, 3.63) is 40.8 Å². The molecule has 116 valence electrons. The van der Waals surface area contributed by atoms with Gasteiger partial charge in [-0.3, -0.25) is 10.1 Å². The molecule has 0 fully saturated rings. The van der Waals surface area contributed by atoms with E-state index in [1.54, 1.807) is 24.4 Å². The van der Waals surface area contributed by atoms with Crippen LogP contribution in [0.2, 0.25) is 0 Å². The second-order valence-corrected chi connectivity index (χ2v) is 5.13. The Hall–Kier alpha value is -2.77. The van der Waals surface area contributed by atoms with Crippen LogP contribution in [-0.4, -0.2) is 26.4 Å². The molecule has 2 rings (SSSR count). The number of nitrogens with one attached hydrogen (secondary N) is 2. The molecule has 0 saturated carbocycles. The van der Waals surface area contributed by atoms with Crippen LogP contribution in [0.15, 0.2) is 30.7 Å². The lowest BCUT2D eigenvalue weighted by Crippen LogP contribution is -2.10. The van der Waals surface area contributed by atoms with Gasteiger partial charge in [0, 0.05) is 12.7 Å². The summed E-state index contributed by atoms with van der Waals surface area (Å²) < 4.78 is 0. The van der Waals surface area contributed by atoms with E-state index in [0.717, 1.165) is 6.42 Å². The van der Waals surface area contributed by atoms with Crippen molar-refractivity contribution < 1.29 is 4.92 Å². The standard InChI is InChI=1S/C14H18N6O2/c1-10(2)6-8-16-13-12(20(21)22)14(18-9-17-13)19-11-5-3-4-7-15-11/h3-5,7,9-10H,6,8H2,1-2H3,(H2,15,16,17,18,19). The van der Waals surface area contributed by atoms with Gasteiger partial charge >= 0.3 is 5.69 Å². The van der Waals surface area contributed by atoms with E-state index in [9.17, 15) is 10.1 Å². The van der Waals surface area contributed by atoms with Gasteiger partial charge in [0.15, 0.2) is 0 Å². The highest BCUT2D eigenvalue weighted by Gasteiger charge is 2.23. The number of aromatic nitrogens is 3. The lowest BCUT2D eigenvalue weighted by molar-refractivity contribution is -0.383. The van der Waals surface area contributed by atoms with E-state index < -0.39 is 4.92 Å². The van der Waals surface area contributed by atoms with Crippen molar-refractivity contribution in [2.45, 2.75) is 20.3 Å². The fourth-order valence-corrected chi connectivity index (χ4v) is 1.81. The topological polar surface area (TPSA) is 106 Å². The lowest BCUT2D eigenvalue weighted by Gasteiger charge is -2.10. The Labute approximate surface area is 128 Å². The Bertz CT molecular complexity index is 632. The number of nitro groups is 1. The molecule has 0 aromatic carbocycles. The molecule has 2 heterocycles. The van der Waals surface area contributed by atoms with Crippen LogP contribution in [-0.2, 0) is 0 Å². The number of hydrogen-bond acceptors (Lipinski definition) is 7. The summed E-state index contributed by atoms with van der Waals surface area (Å²) in [7, 11) is 0. The second-order valence-electron chi connectivity index (χ2n) is 5.13. The minimum atomic E-state index is -0.497. The zero-order valence-corrected chi connectivity index (χ0v) is 12.5. The van der Waals surface area contributed by atoms with E-state index >= 15 is 0 Å². The molecule has 0 radical (unpaired) electrons. The highest BCUT2D eigenvalue weighted by Crippen LogP contribution is 2.30. The number of pyridine rings is 1. The van der Waals surface area contributed by atoms with Crippen LogP contribution in [0.1, 0.15) is 20.3 Å². The maximum absolute atomic E-state index is 11.4. The number of rotatable bonds is 7. The van der Waals surface area contributed by atoms with Gasteiger partial charge in [0.05, 0.1) is 4.92 Å². The third kappa shape index (κ3) is 4.11. The zero-order valence-electron chi connectivity index (χ0n) is 12.5. The van der Waals surface area contributed by atoms with Crippen molar-refractivity contribution in [1.82, 2.24) is 15.0 Å². The molecular weight excluding hydrogens is 284 g/mol. The van der Waals surface area contributed by atoms with E-state index in [2.05, 4.69) is 39.4 Å². The van der Waals surface area contributed by atoms with E-state index in [1.165, 1.54) is 6.33 Å². The van der Waals surface area contributed by atoms with Crippen LogP contribution in [0.3, 0.4) is 0 Å². The molecule has 2 aromatic heterocycles. The lowest BCUT2D eigenvalue weighted by atomic mass is 10.1. The largest absolute Gasteiger partial charge is 0.364 e. The number of nitrogens with zero attached hydrogens (tertiary/aromatic N) is 4. The van der Waals surface area contributed by atoms with Gasteiger partial charge in [-0.2, -0.15) is 0 Å². The third-order valence-electron chi connectivity index (χ3n) is 2.93. The SMILES string of the molecule is CC(C)CCNc1ncnc(Nc2ccccn2)c1[N+](=O)[O-]. The fourth-order valence-electron chi connectivity index (χ4n) is 1.81. The minimum absolute atomic E-state index is 0.116. The predicted molar refractivity (Wildman–Crippen MR) is 84.2 cm³/mol. The van der Waals surface area contributed by atoms with Gasteiger partial charge in [-0.1, -0.05) is 19.9 Å². The van der Waals surface area contributed by atoms with E-state index in [-0.39, 0.29) is 17.3 Å². The van der Waals surface area contributed by atoms with Crippen LogP contribution in [0.5, 0.6) is 0 Å². The molecule has 0 aliphatic rings. The molecule has 0 aliphatic heterocycles. The summed E-state index contributed by atoms with van der Waals surface area (Å²) >= 11 is 0. The Kier molecular flexibility index (Phi) is 5.18. The van der Waals surface area contributed by atoms with E-state index in [4.69, 9.17) is 0 Å². The van der Waals surface area contributed by atoms with Gasteiger partial charge in [-0.05, 0) is 24.5 Å². The third-order valence-corrected chi connectivity index (χ3v) is 2.93. The first-order valence-electron chi connectivity index (χ1n) is 6.99. The second kappa shape index (κ2) is 7.30. The normalized spacial score (nSPS) is 10.5. The zero-order chi connectivity index (χ0) is 15.9. The summed E-state index contributed by atoms with van der Waals surface area (Å²) in [4.78, 5) is 22.9. The summed E-state index contributed by atoms with van der Waals surface area (Å²) in [6.07, 6.45) is 3.78. The highest BCUT2D eigenvalue weighted by molar-refractivity contribution is 5.72. The van der Waals surface area contributed by atoms with Gasteiger partial charge in [0.1, 0.15) is 12.1 Å². The molecule has 0 saturated heterocycles. The molecule has 0 amide bonds. The molecule has 0 spiro atoms. The van der Waals surface area contributed by atoms with Crippen LogP contribution in [0, 0.1) is 16.0 Å². The van der Waals surface area contributed by atoms with Crippen molar-refractivity contribution in [3.63, 3.8) is 0 Å². The summed E-state index contributed by atoms with van der Waals surface area (Å²) in [5, 5.41) is 17.2. The molecule has 2 aromatic rings. The van der Waals surface area contributed by atoms with Crippen molar-refractivity contribution >= 4 is 23.1 Å². The van der Waals surface area contributed by atoms with Gasteiger partial charge in [0.2, 0.25) is 11.6 Å². The first-order valence-corrected chi connectivity index (χ1v) is 6.99. The van der Waals surface area contributed by atoms with E-state index in [0.29, 0.717) is 18.3 Å². The molecule has 2 N–H and O–H groups in total. The Morgan fingerprint density at radius 2 is 2.00 bits per heavy atom. The van der Waals surface area contributed by atoms with E-state index in [1.807, 2.05) is 0 Å². The summed E-state index contributed by atoms with van der Waals surface area (Å²) in [6, 6.07) is 5.25. The molecular formula is C14H18N6O2. The van der Waals surface area contributed by atoms with Crippen molar-refractivity contribution in [1.29, 1.82) is 0 Å². The molecule has 0 aliphatic carbocycles. The van der Waals surface area contributed by atoms with Crippen molar-refractivity contribution in [3.8, 4) is 0 Å². The van der Waals surface area contributed by atoms with Crippen LogP contribution in [0.4, 0.5) is 23.1 Å². The van der Waals surface area contributed by atoms with Gasteiger partial charge in [0.25, 0.3) is 0 Å². The van der Waals surface area contributed by atoms with Crippen molar-refractivity contribution in [2.75, 3.05) is 17.2 Å². The van der Waals surface area contributed by atoms with Crippen LogP contribution < -0.4 is 10.6 Å². The predicted octanol–water partition coefficient (Wildman–Crippen LogP) is 2.98.